The van der Waals surface area contributed by atoms with Crippen molar-refractivity contribution < 1.29 is 9.60 Å². The van der Waals surface area contributed by atoms with E-state index in [0.29, 0.717) is 24.6 Å². The number of anilines is 2. The Bertz CT molecular complexity index is 697. The van der Waals surface area contributed by atoms with Crippen LogP contribution in [0.25, 0.3) is 0 Å². The van der Waals surface area contributed by atoms with Gasteiger partial charge in [-0.15, -0.1) is 0 Å². The molecule has 0 saturated carbocycles. The van der Waals surface area contributed by atoms with Gasteiger partial charge in [0.15, 0.2) is 17.3 Å². The highest BCUT2D eigenvalue weighted by atomic mass is 19.1. The quantitative estimate of drug-likeness (QED) is 0.380. The van der Waals surface area contributed by atoms with Gasteiger partial charge in [0.2, 0.25) is 0 Å². The summed E-state index contributed by atoms with van der Waals surface area (Å²) in [5.41, 5.74) is 7.01. The van der Waals surface area contributed by atoms with Crippen LogP contribution in [0, 0.1) is 5.82 Å². The molecule has 1 aliphatic rings. The zero-order valence-corrected chi connectivity index (χ0v) is 12.4. The molecule has 7 nitrogen and oxygen atoms in total. The summed E-state index contributed by atoms with van der Waals surface area (Å²) in [6, 6.07) is 6.46. The van der Waals surface area contributed by atoms with E-state index < -0.39 is 0 Å². The molecule has 0 atom stereocenters. The fourth-order valence-electron chi connectivity index (χ4n) is 2.62. The zero-order valence-electron chi connectivity index (χ0n) is 12.4. The maximum absolute atomic E-state index is 13.0. The average molecular weight is 316 g/mol. The second kappa shape index (κ2) is 6.47. The molecule has 0 bridgehead atoms. The van der Waals surface area contributed by atoms with Crippen LogP contribution in [0.2, 0.25) is 0 Å². The van der Waals surface area contributed by atoms with E-state index in [4.69, 9.17) is 10.9 Å². The van der Waals surface area contributed by atoms with Crippen molar-refractivity contribution in [2.24, 2.45) is 10.9 Å². The van der Waals surface area contributed by atoms with E-state index in [-0.39, 0.29) is 11.7 Å². The Morgan fingerprint density at radius 3 is 2.30 bits per heavy atom. The Hall–Kier alpha value is -2.90. The van der Waals surface area contributed by atoms with Crippen LogP contribution in [-0.4, -0.2) is 47.2 Å². The van der Waals surface area contributed by atoms with Gasteiger partial charge in [-0.1, -0.05) is 5.16 Å². The van der Waals surface area contributed by atoms with Gasteiger partial charge in [-0.2, -0.15) is 0 Å². The Kier molecular flexibility index (Phi) is 4.22. The molecule has 2 aromatic rings. The summed E-state index contributed by atoms with van der Waals surface area (Å²) in [5.74, 6) is 0.297. The Morgan fingerprint density at radius 2 is 1.65 bits per heavy atom. The molecule has 3 N–H and O–H groups in total. The molecule has 1 aromatic carbocycles. The molecule has 2 heterocycles. The van der Waals surface area contributed by atoms with Crippen molar-refractivity contribution in [2.45, 2.75) is 0 Å². The number of benzene rings is 1. The van der Waals surface area contributed by atoms with Gasteiger partial charge in [0.05, 0.1) is 0 Å². The standard InChI is InChI=1S/C15H17FN6O/c16-11-1-3-12(4-2-11)21-7-9-22(10-8-21)15-13(14(17)20-23)18-5-6-19-15/h1-6,23H,7-10H2,(H2,17,20). The molecule has 0 aliphatic carbocycles. The van der Waals surface area contributed by atoms with Gasteiger partial charge in [0.25, 0.3) is 0 Å². The summed E-state index contributed by atoms with van der Waals surface area (Å²) < 4.78 is 13.0. The van der Waals surface area contributed by atoms with Crippen LogP contribution in [0.4, 0.5) is 15.9 Å². The largest absolute Gasteiger partial charge is 0.409 e. The summed E-state index contributed by atoms with van der Waals surface area (Å²) in [5, 5.41) is 11.9. The van der Waals surface area contributed by atoms with Crippen molar-refractivity contribution in [3.8, 4) is 0 Å². The van der Waals surface area contributed by atoms with E-state index in [1.54, 1.807) is 18.3 Å². The van der Waals surface area contributed by atoms with Crippen molar-refractivity contribution >= 4 is 17.3 Å². The van der Waals surface area contributed by atoms with Crippen molar-refractivity contribution in [1.82, 2.24) is 9.97 Å². The fourth-order valence-corrected chi connectivity index (χ4v) is 2.62. The van der Waals surface area contributed by atoms with Gasteiger partial charge in [0.1, 0.15) is 5.82 Å². The van der Waals surface area contributed by atoms with Crippen molar-refractivity contribution in [3.05, 3.63) is 48.2 Å². The molecule has 0 amide bonds. The van der Waals surface area contributed by atoms with Gasteiger partial charge >= 0.3 is 0 Å². The number of rotatable bonds is 3. The summed E-state index contributed by atoms with van der Waals surface area (Å²) in [7, 11) is 0. The van der Waals surface area contributed by atoms with E-state index in [1.165, 1.54) is 18.3 Å². The van der Waals surface area contributed by atoms with E-state index in [0.717, 1.165) is 18.8 Å². The number of piperazine rings is 1. The van der Waals surface area contributed by atoms with Gasteiger partial charge in [-0.05, 0) is 24.3 Å². The molecule has 1 saturated heterocycles. The monoisotopic (exact) mass is 316 g/mol. The molecule has 8 heteroatoms. The van der Waals surface area contributed by atoms with Crippen molar-refractivity contribution in [1.29, 1.82) is 0 Å². The van der Waals surface area contributed by atoms with Crippen molar-refractivity contribution in [3.63, 3.8) is 0 Å². The molecule has 1 fully saturated rings. The van der Waals surface area contributed by atoms with Crippen LogP contribution in [0.3, 0.4) is 0 Å². The zero-order chi connectivity index (χ0) is 16.2. The summed E-state index contributed by atoms with van der Waals surface area (Å²) in [6.45, 7) is 2.94. The number of nitrogens with zero attached hydrogens (tertiary/aromatic N) is 5. The van der Waals surface area contributed by atoms with E-state index in [9.17, 15) is 4.39 Å². The number of aromatic nitrogens is 2. The molecule has 120 valence electrons. The van der Waals surface area contributed by atoms with Crippen LogP contribution in [-0.2, 0) is 0 Å². The summed E-state index contributed by atoms with van der Waals surface area (Å²) in [6.07, 6.45) is 3.08. The molecule has 0 unspecified atom stereocenters. The van der Waals surface area contributed by atoms with Crippen LogP contribution in [0.15, 0.2) is 41.8 Å². The topological polar surface area (TPSA) is 90.9 Å². The lowest BCUT2D eigenvalue weighted by Gasteiger charge is -2.37. The fraction of sp³-hybridized carbons (Fsp3) is 0.267. The second-order valence-corrected chi connectivity index (χ2v) is 5.16. The Balaban J connectivity index is 1.73. The first-order chi connectivity index (χ1) is 11.2. The van der Waals surface area contributed by atoms with Gasteiger partial charge in [0, 0.05) is 44.3 Å². The molecule has 3 rings (SSSR count). The molecule has 1 aliphatic heterocycles. The lowest BCUT2D eigenvalue weighted by Crippen LogP contribution is -2.47. The van der Waals surface area contributed by atoms with Crippen LogP contribution >= 0.6 is 0 Å². The highest BCUT2D eigenvalue weighted by Gasteiger charge is 2.22. The van der Waals surface area contributed by atoms with Crippen molar-refractivity contribution in [2.75, 3.05) is 36.0 Å². The molecule has 1 aromatic heterocycles. The molecular weight excluding hydrogens is 299 g/mol. The lowest BCUT2D eigenvalue weighted by atomic mass is 10.2. The first-order valence-corrected chi connectivity index (χ1v) is 7.23. The van der Waals surface area contributed by atoms with Crippen LogP contribution in [0.1, 0.15) is 5.69 Å². The molecule has 23 heavy (non-hydrogen) atoms. The minimum Gasteiger partial charge on any atom is -0.409 e. The second-order valence-electron chi connectivity index (χ2n) is 5.16. The van der Waals surface area contributed by atoms with Gasteiger partial charge in [-0.25, -0.2) is 14.4 Å². The predicted octanol–water partition coefficient (Wildman–Crippen LogP) is 1.04. The van der Waals surface area contributed by atoms with E-state index in [2.05, 4.69) is 20.0 Å². The molecule has 0 spiro atoms. The molecule has 0 radical (unpaired) electrons. The minimum atomic E-state index is -0.240. The number of amidine groups is 1. The van der Waals surface area contributed by atoms with E-state index in [1.807, 2.05) is 4.90 Å². The minimum absolute atomic E-state index is 0.0611. The summed E-state index contributed by atoms with van der Waals surface area (Å²) in [4.78, 5) is 12.7. The third-order valence-electron chi connectivity index (χ3n) is 3.80. The first-order valence-electron chi connectivity index (χ1n) is 7.23. The SMILES string of the molecule is NC(=NO)c1nccnc1N1CCN(c2ccc(F)cc2)CC1. The average Bonchev–Trinajstić information content (AvgIpc) is 2.62. The number of hydrogen-bond acceptors (Lipinski definition) is 6. The third kappa shape index (κ3) is 3.15. The highest BCUT2D eigenvalue weighted by Crippen LogP contribution is 2.21. The number of halogens is 1. The number of hydrogen-bond donors (Lipinski definition) is 2. The van der Waals surface area contributed by atoms with Gasteiger partial charge in [-0.3, -0.25) is 0 Å². The first kappa shape index (κ1) is 15.0. The predicted molar refractivity (Wildman–Crippen MR) is 85.4 cm³/mol. The number of nitrogens with two attached hydrogens (primary N) is 1. The summed E-state index contributed by atoms with van der Waals surface area (Å²) >= 11 is 0. The Labute approximate surface area is 132 Å². The third-order valence-corrected chi connectivity index (χ3v) is 3.80. The van der Waals surface area contributed by atoms with Gasteiger partial charge < -0.3 is 20.7 Å². The molecular formula is C15H17FN6O. The highest BCUT2D eigenvalue weighted by molar-refractivity contribution is 5.99. The number of oxime groups is 1. The lowest BCUT2D eigenvalue weighted by molar-refractivity contribution is 0.318. The Morgan fingerprint density at radius 1 is 1.04 bits per heavy atom. The van der Waals surface area contributed by atoms with E-state index >= 15 is 0 Å². The smallest absolute Gasteiger partial charge is 0.192 e. The maximum atomic E-state index is 13.0. The maximum Gasteiger partial charge on any atom is 0.192 e. The van der Waals surface area contributed by atoms with Crippen LogP contribution < -0.4 is 15.5 Å². The normalized spacial score (nSPS) is 15.8. The van der Waals surface area contributed by atoms with Crippen LogP contribution in [0.5, 0.6) is 0 Å².